The van der Waals surface area contributed by atoms with Crippen LogP contribution in [0.25, 0.3) is 11.1 Å². The molecule has 4 heteroatoms. The minimum Gasteiger partial charge on any atom is -0.222 e. The van der Waals surface area contributed by atoms with E-state index in [2.05, 4.69) is 4.98 Å². The Hall–Kier alpha value is -1.56. The number of halogens is 2. The topological polar surface area (TPSA) is 36.7 Å². The molecule has 0 spiro atoms. The molecule has 0 bridgehead atoms. The molecule has 0 aliphatic rings. The number of benzene rings is 1. The van der Waals surface area contributed by atoms with Crippen LogP contribution in [-0.2, 0) is 0 Å². The maximum atomic E-state index is 8.86. The van der Waals surface area contributed by atoms with E-state index in [0.29, 0.717) is 16.3 Å². The Morgan fingerprint density at radius 3 is 2.38 bits per heavy atom. The smallest absolute Gasteiger partial charge is 0.148 e. The maximum absolute atomic E-state index is 8.86. The van der Waals surface area contributed by atoms with Gasteiger partial charge < -0.3 is 0 Å². The molecule has 0 radical (unpaired) electrons. The molecule has 0 atom stereocenters. The largest absolute Gasteiger partial charge is 0.222 e. The summed E-state index contributed by atoms with van der Waals surface area (Å²) in [6.07, 6.45) is 0. The fourth-order valence-electron chi connectivity index (χ4n) is 1.37. The Kier molecular flexibility index (Phi) is 3.09. The third-order valence-electron chi connectivity index (χ3n) is 2.13. The molecule has 0 fully saturated rings. The molecular weight excluding hydrogens is 243 g/mol. The Morgan fingerprint density at radius 1 is 1.06 bits per heavy atom. The molecule has 2 nitrogen and oxygen atoms in total. The second-order valence-corrected chi connectivity index (χ2v) is 3.86. The van der Waals surface area contributed by atoms with E-state index < -0.39 is 0 Å². The van der Waals surface area contributed by atoms with Crippen LogP contribution < -0.4 is 0 Å². The van der Waals surface area contributed by atoms with Gasteiger partial charge in [-0.2, -0.15) is 5.26 Å². The Bertz CT molecular complexity index is 559. The van der Waals surface area contributed by atoms with Gasteiger partial charge in [0.1, 0.15) is 16.4 Å². The molecule has 0 aliphatic carbocycles. The van der Waals surface area contributed by atoms with Crippen LogP contribution in [0.5, 0.6) is 0 Å². The number of pyridine rings is 1. The second kappa shape index (κ2) is 4.52. The van der Waals surface area contributed by atoms with E-state index in [0.717, 1.165) is 5.56 Å². The minimum atomic E-state index is 0.132. The van der Waals surface area contributed by atoms with Crippen LogP contribution in [0.2, 0.25) is 10.3 Å². The van der Waals surface area contributed by atoms with Crippen molar-refractivity contribution in [2.24, 2.45) is 0 Å². The van der Waals surface area contributed by atoms with Crippen molar-refractivity contribution in [2.75, 3.05) is 0 Å². The van der Waals surface area contributed by atoms with E-state index in [-0.39, 0.29) is 5.15 Å². The van der Waals surface area contributed by atoms with Crippen molar-refractivity contribution in [1.29, 1.82) is 5.26 Å². The van der Waals surface area contributed by atoms with E-state index in [9.17, 15) is 0 Å². The number of hydrogen-bond acceptors (Lipinski definition) is 2. The summed E-state index contributed by atoms with van der Waals surface area (Å²) >= 11 is 11.8. The Balaban J connectivity index is 2.63. The van der Waals surface area contributed by atoms with Gasteiger partial charge in [-0.3, -0.25) is 0 Å². The first-order valence-electron chi connectivity index (χ1n) is 4.54. The summed E-state index contributed by atoms with van der Waals surface area (Å²) in [5.74, 6) is 0. The highest BCUT2D eigenvalue weighted by Crippen LogP contribution is 2.29. The SMILES string of the molecule is N#Cc1cc(-c2ccccc2)c(Cl)nc1Cl. The van der Waals surface area contributed by atoms with Crippen LogP contribution in [0, 0.1) is 11.3 Å². The Morgan fingerprint density at radius 2 is 1.75 bits per heavy atom. The van der Waals surface area contributed by atoms with Gasteiger partial charge >= 0.3 is 0 Å². The Labute approximate surface area is 103 Å². The predicted octanol–water partition coefficient (Wildman–Crippen LogP) is 3.93. The summed E-state index contributed by atoms with van der Waals surface area (Å²) in [7, 11) is 0. The number of nitriles is 1. The van der Waals surface area contributed by atoms with Gasteiger partial charge in [0.2, 0.25) is 0 Å². The van der Waals surface area contributed by atoms with Gasteiger partial charge in [-0.25, -0.2) is 4.98 Å². The fraction of sp³-hybridized carbons (Fsp3) is 0. The molecule has 2 aromatic rings. The summed E-state index contributed by atoms with van der Waals surface area (Å²) in [6, 6.07) is 13.1. The van der Waals surface area contributed by atoms with Crippen molar-refractivity contribution in [3.63, 3.8) is 0 Å². The van der Waals surface area contributed by atoms with Crippen molar-refractivity contribution in [3.05, 3.63) is 52.3 Å². The van der Waals surface area contributed by atoms with Crippen molar-refractivity contribution in [3.8, 4) is 17.2 Å². The third-order valence-corrected chi connectivity index (χ3v) is 2.71. The zero-order valence-electron chi connectivity index (χ0n) is 8.11. The van der Waals surface area contributed by atoms with Gasteiger partial charge in [-0.15, -0.1) is 0 Å². The highest BCUT2D eigenvalue weighted by atomic mass is 35.5. The predicted molar refractivity (Wildman–Crippen MR) is 64.4 cm³/mol. The molecule has 0 saturated carbocycles. The van der Waals surface area contributed by atoms with Crippen LogP contribution in [0.15, 0.2) is 36.4 Å². The lowest BCUT2D eigenvalue weighted by molar-refractivity contribution is 1.30. The summed E-state index contributed by atoms with van der Waals surface area (Å²) in [6.45, 7) is 0. The van der Waals surface area contributed by atoms with Crippen molar-refractivity contribution < 1.29 is 0 Å². The minimum absolute atomic E-state index is 0.132. The fourth-order valence-corrected chi connectivity index (χ4v) is 1.84. The van der Waals surface area contributed by atoms with E-state index in [4.69, 9.17) is 28.5 Å². The number of hydrogen-bond donors (Lipinski definition) is 0. The molecule has 0 unspecified atom stereocenters. The molecule has 0 aliphatic heterocycles. The second-order valence-electron chi connectivity index (χ2n) is 3.14. The van der Waals surface area contributed by atoms with Gasteiger partial charge in [0.15, 0.2) is 0 Å². The van der Waals surface area contributed by atoms with Crippen molar-refractivity contribution in [1.82, 2.24) is 4.98 Å². The molecule has 1 aromatic carbocycles. The molecule has 78 valence electrons. The molecule has 1 aromatic heterocycles. The average Bonchev–Trinajstić information content (AvgIpc) is 2.30. The maximum Gasteiger partial charge on any atom is 0.148 e. The van der Waals surface area contributed by atoms with E-state index >= 15 is 0 Å². The summed E-state index contributed by atoms with van der Waals surface area (Å²) < 4.78 is 0. The van der Waals surface area contributed by atoms with Crippen molar-refractivity contribution in [2.45, 2.75) is 0 Å². The monoisotopic (exact) mass is 248 g/mol. The normalized spacial score (nSPS) is 9.81. The first kappa shape index (κ1) is 10.9. The third kappa shape index (κ3) is 2.01. The van der Waals surface area contributed by atoms with E-state index in [1.54, 1.807) is 6.07 Å². The van der Waals surface area contributed by atoms with Gasteiger partial charge in [-0.1, -0.05) is 53.5 Å². The highest BCUT2D eigenvalue weighted by molar-refractivity contribution is 6.34. The van der Waals surface area contributed by atoms with E-state index in [1.165, 1.54) is 0 Å². The van der Waals surface area contributed by atoms with Crippen LogP contribution in [-0.4, -0.2) is 4.98 Å². The van der Waals surface area contributed by atoms with Crippen LogP contribution in [0.4, 0.5) is 0 Å². The van der Waals surface area contributed by atoms with Gasteiger partial charge in [0.05, 0.1) is 5.56 Å². The lowest BCUT2D eigenvalue weighted by atomic mass is 10.1. The molecule has 2 rings (SSSR count). The van der Waals surface area contributed by atoms with E-state index in [1.807, 2.05) is 36.4 Å². The first-order chi connectivity index (χ1) is 7.72. The van der Waals surface area contributed by atoms with Gasteiger partial charge in [0.25, 0.3) is 0 Å². The van der Waals surface area contributed by atoms with Crippen LogP contribution in [0.1, 0.15) is 5.56 Å². The lowest BCUT2D eigenvalue weighted by Gasteiger charge is -2.05. The van der Waals surface area contributed by atoms with Crippen LogP contribution in [0.3, 0.4) is 0 Å². The molecular formula is C12H6Cl2N2. The molecule has 0 saturated heterocycles. The van der Waals surface area contributed by atoms with Crippen molar-refractivity contribution >= 4 is 23.2 Å². The zero-order valence-corrected chi connectivity index (χ0v) is 9.63. The number of nitrogens with zero attached hydrogens (tertiary/aromatic N) is 2. The number of aromatic nitrogens is 1. The summed E-state index contributed by atoms with van der Waals surface area (Å²) in [5, 5.41) is 9.30. The standard InChI is InChI=1S/C12H6Cl2N2/c13-11-9(7-15)6-10(12(14)16-11)8-4-2-1-3-5-8/h1-6H. The molecule has 0 N–H and O–H groups in total. The average molecular weight is 249 g/mol. The summed E-state index contributed by atoms with van der Waals surface area (Å²) in [4.78, 5) is 3.93. The first-order valence-corrected chi connectivity index (χ1v) is 5.29. The van der Waals surface area contributed by atoms with Gasteiger partial charge in [-0.05, 0) is 11.6 Å². The zero-order chi connectivity index (χ0) is 11.5. The lowest BCUT2D eigenvalue weighted by Crippen LogP contribution is -1.88. The molecule has 0 amide bonds. The molecule has 1 heterocycles. The number of rotatable bonds is 1. The van der Waals surface area contributed by atoms with Crippen LogP contribution >= 0.6 is 23.2 Å². The summed E-state index contributed by atoms with van der Waals surface area (Å²) in [5.41, 5.74) is 1.95. The van der Waals surface area contributed by atoms with Gasteiger partial charge in [0, 0.05) is 5.56 Å². The molecule has 16 heavy (non-hydrogen) atoms. The highest BCUT2D eigenvalue weighted by Gasteiger charge is 2.09. The quantitative estimate of drug-likeness (QED) is 0.718.